The first-order valence-corrected chi connectivity index (χ1v) is 15.5. The maximum Gasteiger partial charge on any atom is 0.261 e. The lowest BCUT2D eigenvalue weighted by Crippen LogP contribution is -2.43. The number of hydrogen-bond donors (Lipinski definition) is 0. The molecular weight excluding hydrogens is 510 g/mol. The number of anilines is 1. The molecule has 188 valence electrons. The van der Waals surface area contributed by atoms with Crippen molar-refractivity contribution in [3.63, 3.8) is 0 Å². The third-order valence-electron chi connectivity index (χ3n) is 5.82. The van der Waals surface area contributed by atoms with E-state index in [-0.39, 0.29) is 27.7 Å². The van der Waals surface area contributed by atoms with Gasteiger partial charge in [-0.1, -0.05) is 36.5 Å². The van der Waals surface area contributed by atoms with E-state index in [9.17, 15) is 21.6 Å². The molecular formula is C23H27N3O6S3. The van der Waals surface area contributed by atoms with Gasteiger partial charge in [-0.3, -0.25) is 14.6 Å². The summed E-state index contributed by atoms with van der Waals surface area (Å²) >= 11 is 1.20. The van der Waals surface area contributed by atoms with Crippen LogP contribution in [0.4, 0.5) is 5.13 Å². The van der Waals surface area contributed by atoms with E-state index in [0.717, 1.165) is 19.3 Å². The van der Waals surface area contributed by atoms with Crippen molar-refractivity contribution in [3.8, 4) is 0 Å². The summed E-state index contributed by atoms with van der Waals surface area (Å²) in [6, 6.07) is 11.0. The molecule has 1 aliphatic rings. The zero-order valence-corrected chi connectivity index (χ0v) is 22.0. The van der Waals surface area contributed by atoms with Crippen LogP contribution in [0.2, 0.25) is 0 Å². The van der Waals surface area contributed by atoms with E-state index in [4.69, 9.17) is 4.74 Å². The number of morpholine rings is 1. The van der Waals surface area contributed by atoms with E-state index in [1.807, 2.05) is 0 Å². The number of fused-ring (bicyclic) bond motifs is 1. The Balaban J connectivity index is 1.79. The van der Waals surface area contributed by atoms with Crippen molar-refractivity contribution in [3.05, 3.63) is 48.0 Å². The third-order valence-corrected chi connectivity index (χ3v) is 9.78. The second-order valence-corrected chi connectivity index (χ2v) is 13.4. The molecule has 0 bridgehead atoms. The number of para-hydroxylation sites is 1. The Labute approximate surface area is 209 Å². The molecule has 0 spiro atoms. The Morgan fingerprint density at radius 2 is 1.74 bits per heavy atom. The van der Waals surface area contributed by atoms with Crippen molar-refractivity contribution in [2.24, 2.45) is 0 Å². The minimum atomic E-state index is -3.65. The molecule has 0 aliphatic carbocycles. The fourth-order valence-electron chi connectivity index (χ4n) is 3.89. The molecule has 0 saturated carbocycles. The van der Waals surface area contributed by atoms with E-state index in [0.29, 0.717) is 35.1 Å². The number of thiazole rings is 1. The molecule has 12 heteroatoms. The van der Waals surface area contributed by atoms with Gasteiger partial charge in [-0.25, -0.2) is 21.8 Å². The Hall–Kier alpha value is -2.38. The largest absolute Gasteiger partial charge is 0.379 e. The monoisotopic (exact) mass is 537 g/mol. The molecule has 9 nitrogen and oxygen atoms in total. The summed E-state index contributed by atoms with van der Waals surface area (Å²) in [7, 11) is -7.18. The Morgan fingerprint density at radius 3 is 2.43 bits per heavy atom. The van der Waals surface area contributed by atoms with Crippen LogP contribution in [-0.2, 0) is 24.4 Å². The topological polar surface area (TPSA) is 114 Å². The molecule has 1 aliphatic heterocycles. The van der Waals surface area contributed by atoms with Crippen LogP contribution in [0.1, 0.15) is 17.3 Å². The number of benzene rings is 2. The fraction of sp³-hybridized carbons (Fsp3) is 0.391. The highest BCUT2D eigenvalue weighted by Gasteiger charge is 2.28. The van der Waals surface area contributed by atoms with E-state index >= 15 is 0 Å². The average molecular weight is 538 g/mol. The number of carbonyl (C=O) groups is 1. The quantitative estimate of drug-likeness (QED) is 0.431. The van der Waals surface area contributed by atoms with Gasteiger partial charge in [0.05, 0.1) is 39.0 Å². The molecule has 1 aromatic heterocycles. The van der Waals surface area contributed by atoms with E-state index < -0.39 is 25.6 Å². The van der Waals surface area contributed by atoms with Crippen LogP contribution in [0, 0.1) is 0 Å². The fourth-order valence-corrected chi connectivity index (χ4v) is 6.89. The molecule has 1 amide bonds. The van der Waals surface area contributed by atoms with Gasteiger partial charge in [0.25, 0.3) is 5.91 Å². The molecule has 1 fully saturated rings. The molecule has 0 unspecified atom stereocenters. The molecule has 0 atom stereocenters. The zero-order chi connectivity index (χ0) is 25.2. The van der Waals surface area contributed by atoms with E-state index in [2.05, 4.69) is 9.88 Å². The van der Waals surface area contributed by atoms with Crippen molar-refractivity contribution < 1.29 is 26.4 Å². The van der Waals surface area contributed by atoms with Crippen LogP contribution < -0.4 is 4.90 Å². The average Bonchev–Trinajstić information content (AvgIpc) is 3.28. The molecule has 2 aromatic carbocycles. The normalized spacial score (nSPS) is 15.4. The smallest absolute Gasteiger partial charge is 0.261 e. The predicted molar refractivity (Wildman–Crippen MR) is 136 cm³/mol. The van der Waals surface area contributed by atoms with E-state index in [1.165, 1.54) is 41.4 Å². The van der Waals surface area contributed by atoms with Crippen molar-refractivity contribution in [1.82, 2.24) is 9.88 Å². The van der Waals surface area contributed by atoms with Crippen LogP contribution in [-0.4, -0.2) is 84.0 Å². The van der Waals surface area contributed by atoms with Crippen LogP contribution >= 0.6 is 11.3 Å². The molecule has 3 aromatic rings. The predicted octanol–water partition coefficient (Wildman–Crippen LogP) is 2.47. The van der Waals surface area contributed by atoms with Gasteiger partial charge >= 0.3 is 0 Å². The lowest BCUT2D eigenvalue weighted by Gasteiger charge is -2.29. The Kier molecular flexibility index (Phi) is 7.57. The molecule has 1 saturated heterocycles. The van der Waals surface area contributed by atoms with Gasteiger partial charge in [0.15, 0.2) is 24.8 Å². The minimum Gasteiger partial charge on any atom is -0.379 e. The standard InChI is InChI=1S/C23H27N3O6S3/c1-3-35(30,31)19-9-5-4-7-17(19)22(27)26(12-11-25-13-15-32-16-14-25)23-24-21-18(33-23)8-6-10-20(21)34(2,28)29/h4-10H,3,11-16H2,1-2H3. The molecule has 2 heterocycles. The number of nitrogens with zero attached hydrogens (tertiary/aromatic N) is 3. The molecule has 0 radical (unpaired) electrons. The summed E-state index contributed by atoms with van der Waals surface area (Å²) in [4.78, 5) is 22.1. The van der Waals surface area contributed by atoms with Crippen LogP contribution in [0.25, 0.3) is 10.2 Å². The third kappa shape index (κ3) is 5.56. The van der Waals surface area contributed by atoms with Gasteiger partial charge in [0, 0.05) is 32.4 Å². The summed E-state index contributed by atoms with van der Waals surface area (Å²) in [6.45, 7) is 4.98. The van der Waals surface area contributed by atoms with Gasteiger partial charge in [-0.2, -0.15) is 0 Å². The molecule has 4 rings (SSSR count). The van der Waals surface area contributed by atoms with Gasteiger partial charge in [0.2, 0.25) is 0 Å². The van der Waals surface area contributed by atoms with Gasteiger partial charge in [-0.15, -0.1) is 0 Å². The van der Waals surface area contributed by atoms with Gasteiger partial charge < -0.3 is 4.74 Å². The number of rotatable bonds is 8. The number of ether oxygens (including phenoxy) is 1. The first-order chi connectivity index (χ1) is 16.6. The molecule has 35 heavy (non-hydrogen) atoms. The first kappa shape index (κ1) is 25.7. The van der Waals surface area contributed by atoms with Gasteiger partial charge in [0.1, 0.15) is 5.52 Å². The first-order valence-electron chi connectivity index (χ1n) is 11.1. The second-order valence-electron chi connectivity index (χ2n) is 8.18. The van der Waals surface area contributed by atoms with E-state index in [1.54, 1.807) is 24.3 Å². The van der Waals surface area contributed by atoms with Crippen LogP contribution in [0.5, 0.6) is 0 Å². The number of aromatic nitrogens is 1. The number of amides is 1. The van der Waals surface area contributed by atoms with Crippen molar-refractivity contribution >= 4 is 52.3 Å². The number of sulfone groups is 2. The lowest BCUT2D eigenvalue weighted by atomic mass is 10.2. The maximum atomic E-state index is 13.8. The van der Waals surface area contributed by atoms with Crippen molar-refractivity contribution in [1.29, 1.82) is 0 Å². The van der Waals surface area contributed by atoms with Crippen LogP contribution in [0.15, 0.2) is 52.3 Å². The van der Waals surface area contributed by atoms with Crippen molar-refractivity contribution in [2.75, 3.05) is 56.3 Å². The SMILES string of the molecule is CCS(=O)(=O)c1ccccc1C(=O)N(CCN1CCOCC1)c1nc2c(S(C)(=O)=O)cccc2s1. The second kappa shape index (κ2) is 10.3. The minimum absolute atomic E-state index is 0.0261. The number of hydrogen-bond acceptors (Lipinski definition) is 9. The summed E-state index contributed by atoms with van der Waals surface area (Å²) in [5.41, 5.74) is 0.368. The highest BCUT2D eigenvalue weighted by atomic mass is 32.2. The van der Waals surface area contributed by atoms with Gasteiger partial charge in [-0.05, 0) is 24.3 Å². The molecule has 0 N–H and O–H groups in total. The summed E-state index contributed by atoms with van der Waals surface area (Å²) in [6.07, 6.45) is 1.12. The lowest BCUT2D eigenvalue weighted by molar-refractivity contribution is 0.0391. The van der Waals surface area contributed by atoms with Crippen LogP contribution in [0.3, 0.4) is 0 Å². The van der Waals surface area contributed by atoms with Crippen molar-refractivity contribution in [2.45, 2.75) is 16.7 Å². The summed E-state index contributed by atoms with van der Waals surface area (Å²) in [5.74, 6) is -0.630. The summed E-state index contributed by atoms with van der Waals surface area (Å²) < 4.78 is 56.1. The summed E-state index contributed by atoms with van der Waals surface area (Å²) in [5, 5.41) is 0.318. The zero-order valence-electron chi connectivity index (χ0n) is 19.5. The maximum absolute atomic E-state index is 13.8. The Morgan fingerprint density at radius 1 is 1.06 bits per heavy atom. The highest BCUT2D eigenvalue weighted by molar-refractivity contribution is 7.91. The highest BCUT2D eigenvalue weighted by Crippen LogP contribution is 2.34. The number of carbonyl (C=O) groups excluding carboxylic acids is 1. The Bertz CT molecular complexity index is 1440.